The van der Waals surface area contributed by atoms with Crippen LogP contribution in [0.5, 0.6) is 0 Å². The van der Waals surface area contributed by atoms with Gasteiger partial charge < -0.3 is 25.8 Å². The Morgan fingerprint density at radius 3 is 2.39 bits per heavy atom. The molecule has 4 fully saturated rings. The van der Waals surface area contributed by atoms with Gasteiger partial charge in [-0.15, -0.1) is 0 Å². The topological polar surface area (TPSA) is 147 Å². The Kier molecular flexibility index (Phi) is 7.85. The normalized spacial score (nSPS) is 43.2. The van der Waals surface area contributed by atoms with E-state index in [2.05, 4.69) is 25.6 Å². The summed E-state index contributed by atoms with van der Waals surface area (Å²) in [4.78, 5) is 29.9. The number of esters is 1. The maximum Gasteiger partial charge on any atom is 0.414 e. The van der Waals surface area contributed by atoms with Crippen LogP contribution in [0, 0.1) is 34.5 Å². The predicted molar refractivity (Wildman–Crippen MR) is 136 cm³/mol. The molecule has 1 heterocycles. The lowest BCUT2D eigenvalue weighted by molar-refractivity contribution is -0.203. The smallest absolute Gasteiger partial charge is 0.414 e. The summed E-state index contributed by atoms with van der Waals surface area (Å²) in [5.41, 5.74) is 6.55. The molecule has 9 heteroatoms. The molecule has 36 heavy (non-hydrogen) atoms. The van der Waals surface area contributed by atoms with Crippen LogP contribution in [-0.2, 0) is 19.1 Å². The molecule has 0 bridgehead atoms. The molecule has 4 aliphatic carbocycles. The van der Waals surface area contributed by atoms with Gasteiger partial charge in [-0.3, -0.25) is 0 Å². The average Bonchev–Trinajstić information content (AvgIpc) is 3.37. The molecule has 8 atom stereocenters. The van der Waals surface area contributed by atoms with Crippen LogP contribution in [0.4, 0.5) is 0 Å². The van der Waals surface area contributed by atoms with E-state index in [1.807, 2.05) is 0 Å². The standard InChI is InChI=1S/C25H39NO3S.C2H2O4/c1-23-8-5-18(30-12-11-26)14-17(23)3-4-21-20(23)6-9-24(2)19(7-10-25(21,24)28)16-13-22(27)29-15-16;3-1(4)2(5)6/h13,17-21,28H,3-12,14-15,26H2,1-2H3;(H,3,4)(H,5,6)/t17-,18+,19-,20+,21-,23+,24-,25+;/m1./s1. The first-order chi connectivity index (χ1) is 17.0. The Labute approximate surface area is 217 Å². The summed E-state index contributed by atoms with van der Waals surface area (Å²) in [7, 11) is 0. The van der Waals surface area contributed by atoms with E-state index in [9.17, 15) is 9.90 Å². The number of thioether (sulfide) groups is 1. The number of carboxylic acids is 2. The van der Waals surface area contributed by atoms with Crippen molar-refractivity contribution in [1.29, 1.82) is 0 Å². The van der Waals surface area contributed by atoms with Crippen molar-refractivity contribution in [2.45, 2.75) is 82.5 Å². The Hall–Kier alpha value is -1.58. The maximum absolute atomic E-state index is 12.3. The maximum atomic E-state index is 12.3. The molecule has 0 saturated heterocycles. The van der Waals surface area contributed by atoms with Gasteiger partial charge >= 0.3 is 17.9 Å². The summed E-state index contributed by atoms with van der Waals surface area (Å²) in [6.45, 7) is 6.10. The molecular formula is C27H41NO7S. The lowest BCUT2D eigenvalue weighted by Gasteiger charge is -2.64. The summed E-state index contributed by atoms with van der Waals surface area (Å²) < 4.78 is 5.24. The number of fused-ring (bicyclic) bond motifs is 5. The number of carbonyl (C=O) groups is 3. The third kappa shape index (κ3) is 4.60. The highest BCUT2D eigenvalue weighted by atomic mass is 32.2. The highest BCUT2D eigenvalue weighted by Crippen LogP contribution is 2.70. The van der Waals surface area contributed by atoms with E-state index >= 15 is 0 Å². The van der Waals surface area contributed by atoms with Crippen LogP contribution in [-0.4, -0.2) is 63.0 Å². The Morgan fingerprint density at radius 1 is 1.06 bits per heavy atom. The summed E-state index contributed by atoms with van der Waals surface area (Å²) in [6, 6.07) is 0. The fourth-order valence-corrected chi connectivity index (χ4v) is 9.88. The zero-order valence-electron chi connectivity index (χ0n) is 21.4. The third-order valence-electron chi connectivity index (χ3n) is 10.6. The average molecular weight is 524 g/mol. The first kappa shape index (κ1) is 27.5. The van der Waals surface area contributed by atoms with Crippen LogP contribution in [0.3, 0.4) is 0 Å². The number of hydrogen-bond acceptors (Lipinski definition) is 7. The molecule has 5 rings (SSSR count). The van der Waals surface area contributed by atoms with Gasteiger partial charge in [0.25, 0.3) is 0 Å². The molecule has 202 valence electrons. The summed E-state index contributed by atoms with van der Waals surface area (Å²) in [5.74, 6) is -0.611. The number of carbonyl (C=O) groups excluding carboxylic acids is 1. The molecule has 0 spiro atoms. The van der Waals surface area contributed by atoms with Crippen LogP contribution < -0.4 is 5.73 Å². The van der Waals surface area contributed by atoms with Crippen LogP contribution in [0.25, 0.3) is 0 Å². The van der Waals surface area contributed by atoms with Crippen molar-refractivity contribution in [2.75, 3.05) is 18.9 Å². The van der Waals surface area contributed by atoms with Crippen molar-refractivity contribution < 1.29 is 34.4 Å². The van der Waals surface area contributed by atoms with Crippen LogP contribution in [0.1, 0.15) is 71.6 Å². The Balaban J connectivity index is 0.000000455. The SMILES string of the molecule is C[C@]12CC[C@H](SCCN)C[C@H]1CC[C@@H]1[C@@H]2CC[C@]2(C)[C@@H](C3=CC(=O)OC3)CC[C@]12O.O=C(O)C(=O)O. The van der Waals surface area contributed by atoms with Gasteiger partial charge in [0.2, 0.25) is 0 Å². The number of hydrogen-bond donors (Lipinski definition) is 4. The molecule has 4 saturated carbocycles. The number of aliphatic hydroxyl groups is 1. The fraction of sp³-hybridized carbons (Fsp3) is 0.815. The second-order valence-electron chi connectivity index (χ2n) is 12.0. The van der Waals surface area contributed by atoms with Crippen molar-refractivity contribution >= 4 is 29.7 Å². The Bertz CT molecular complexity index is 912. The quantitative estimate of drug-likeness (QED) is 0.321. The van der Waals surface area contributed by atoms with E-state index in [1.54, 1.807) is 6.08 Å². The molecule has 0 aromatic rings. The van der Waals surface area contributed by atoms with Crippen LogP contribution in [0.15, 0.2) is 11.6 Å². The van der Waals surface area contributed by atoms with E-state index in [-0.39, 0.29) is 11.4 Å². The van der Waals surface area contributed by atoms with E-state index in [1.165, 1.54) is 38.5 Å². The van der Waals surface area contributed by atoms with Gasteiger partial charge in [-0.05, 0) is 92.4 Å². The largest absolute Gasteiger partial charge is 0.473 e. The highest BCUT2D eigenvalue weighted by Gasteiger charge is 2.67. The minimum Gasteiger partial charge on any atom is -0.473 e. The molecule has 0 aromatic carbocycles. The zero-order valence-corrected chi connectivity index (χ0v) is 22.2. The lowest BCUT2D eigenvalue weighted by atomic mass is 9.43. The second-order valence-corrected chi connectivity index (χ2v) is 13.4. The molecule has 5 N–H and O–H groups in total. The summed E-state index contributed by atoms with van der Waals surface area (Å²) in [6.07, 6.45) is 12.3. The van der Waals surface area contributed by atoms with E-state index < -0.39 is 17.5 Å². The number of cyclic esters (lactones) is 1. The van der Waals surface area contributed by atoms with E-state index in [0.29, 0.717) is 29.8 Å². The minimum atomic E-state index is -1.82. The monoisotopic (exact) mass is 523 g/mol. The molecule has 0 amide bonds. The minimum absolute atomic E-state index is 0.120. The van der Waals surface area contributed by atoms with Gasteiger partial charge in [0.05, 0.1) is 5.60 Å². The van der Waals surface area contributed by atoms with E-state index in [0.717, 1.165) is 48.3 Å². The fourth-order valence-electron chi connectivity index (χ4n) is 8.76. The molecule has 8 nitrogen and oxygen atoms in total. The lowest BCUT2D eigenvalue weighted by Crippen LogP contribution is -2.62. The van der Waals surface area contributed by atoms with Crippen molar-refractivity contribution in [3.8, 4) is 0 Å². The number of aliphatic carboxylic acids is 2. The molecule has 0 aromatic heterocycles. The number of carboxylic acid groups (broad SMARTS) is 2. The highest BCUT2D eigenvalue weighted by molar-refractivity contribution is 7.99. The first-order valence-electron chi connectivity index (χ1n) is 13.3. The second kappa shape index (κ2) is 10.3. The molecular weight excluding hydrogens is 482 g/mol. The molecule has 1 aliphatic heterocycles. The number of nitrogens with two attached hydrogens (primary N) is 1. The van der Waals surface area contributed by atoms with Crippen molar-refractivity contribution in [3.05, 3.63) is 11.6 Å². The van der Waals surface area contributed by atoms with Gasteiger partial charge in [0, 0.05) is 29.0 Å². The van der Waals surface area contributed by atoms with Crippen LogP contribution in [0.2, 0.25) is 0 Å². The molecule has 0 radical (unpaired) electrons. The number of rotatable bonds is 4. The van der Waals surface area contributed by atoms with Crippen molar-refractivity contribution in [2.24, 2.45) is 40.2 Å². The van der Waals surface area contributed by atoms with Crippen molar-refractivity contribution in [3.63, 3.8) is 0 Å². The summed E-state index contributed by atoms with van der Waals surface area (Å²) in [5, 5.41) is 27.8. The van der Waals surface area contributed by atoms with Crippen LogP contribution >= 0.6 is 11.8 Å². The van der Waals surface area contributed by atoms with Gasteiger partial charge in [-0.1, -0.05) is 13.8 Å². The Morgan fingerprint density at radius 2 is 1.78 bits per heavy atom. The zero-order chi connectivity index (χ0) is 26.3. The molecule has 0 unspecified atom stereocenters. The van der Waals surface area contributed by atoms with Gasteiger partial charge in [-0.2, -0.15) is 11.8 Å². The predicted octanol–water partition coefficient (Wildman–Crippen LogP) is 3.46. The van der Waals surface area contributed by atoms with Gasteiger partial charge in [-0.25, -0.2) is 14.4 Å². The first-order valence-corrected chi connectivity index (χ1v) is 14.4. The van der Waals surface area contributed by atoms with Gasteiger partial charge in [0.15, 0.2) is 0 Å². The van der Waals surface area contributed by atoms with Crippen molar-refractivity contribution in [1.82, 2.24) is 0 Å². The third-order valence-corrected chi connectivity index (χ3v) is 12.0. The summed E-state index contributed by atoms with van der Waals surface area (Å²) >= 11 is 2.09. The van der Waals surface area contributed by atoms with Gasteiger partial charge in [0.1, 0.15) is 6.61 Å². The number of ether oxygens (including phenoxy) is 1. The molecule has 5 aliphatic rings. The van der Waals surface area contributed by atoms with E-state index in [4.69, 9.17) is 30.3 Å².